The van der Waals surface area contributed by atoms with Crippen LogP contribution in [0.1, 0.15) is 59.9 Å². The van der Waals surface area contributed by atoms with Crippen LogP contribution in [0.2, 0.25) is 0 Å². The average molecular weight is 618 g/mol. The second-order valence-electron chi connectivity index (χ2n) is 14.9. The third kappa shape index (κ3) is 6.00. The summed E-state index contributed by atoms with van der Waals surface area (Å²) in [7, 11) is -0.673. The predicted octanol–water partition coefficient (Wildman–Crippen LogP) is 5.06. The lowest BCUT2D eigenvalue weighted by molar-refractivity contribution is -0.199. The largest absolute Gasteiger partial charge is 0.482 e. The molecule has 5 fully saturated rings. The number of para-hydroxylation sites is 1. The van der Waals surface area contributed by atoms with Gasteiger partial charge in [-0.1, -0.05) is 58.9 Å². The van der Waals surface area contributed by atoms with Gasteiger partial charge in [-0.25, -0.2) is 4.79 Å². The molecule has 2 aromatic rings. The molecule has 10 nitrogen and oxygen atoms in total. The molecule has 45 heavy (non-hydrogen) atoms. The van der Waals surface area contributed by atoms with E-state index in [1.54, 1.807) is 17.2 Å². The summed E-state index contributed by atoms with van der Waals surface area (Å²) >= 11 is 0. The molecular formula is C34H44BN3O7. The Bertz CT molecular complexity index is 1520. The normalized spacial score (nSPS) is 29.8. The van der Waals surface area contributed by atoms with Crippen LogP contribution in [0.25, 0.3) is 11.0 Å². The van der Waals surface area contributed by atoms with Crippen molar-refractivity contribution in [3.8, 4) is 6.07 Å². The standard InChI is InChI=1S/C34H44BN3O7/c1-32(2,3)16-22(17-36)30(39)38-11-12-41-19-24(38)20-43-31(40)37-29(13-21-18-42-26-10-8-7-9-25(21)26)35-44-28-15-23-14-27(33(23,4)5)34(28,6)45-35/h7-10,16,18,23-24,27-29H,11-15,19-20H2,1-6H3,(H,37,40)/b22-16+/t23-,24+,27-,28+,29-,34-/m0/s1. The Hall–Kier alpha value is -3.33. The van der Waals surface area contributed by atoms with Gasteiger partial charge in [-0.3, -0.25) is 4.79 Å². The number of alkyl carbamates (subject to hydrolysis) is 1. The highest BCUT2D eigenvalue weighted by Gasteiger charge is 2.68. The van der Waals surface area contributed by atoms with Gasteiger partial charge in [-0.2, -0.15) is 5.26 Å². The Morgan fingerprint density at radius 1 is 1.24 bits per heavy atom. The molecule has 3 heterocycles. The highest BCUT2D eigenvalue weighted by atomic mass is 16.7. The first kappa shape index (κ1) is 31.6. The van der Waals surface area contributed by atoms with E-state index in [0.29, 0.717) is 31.4 Å². The van der Waals surface area contributed by atoms with Gasteiger partial charge in [0.15, 0.2) is 0 Å². The van der Waals surface area contributed by atoms with Crippen molar-refractivity contribution in [3.05, 3.63) is 47.7 Å². The zero-order chi connectivity index (χ0) is 32.1. The van der Waals surface area contributed by atoms with Crippen LogP contribution in [-0.4, -0.2) is 74.1 Å². The molecule has 3 aliphatic carbocycles. The smallest absolute Gasteiger partial charge is 0.464 e. The molecule has 7 rings (SSSR count). The zero-order valence-corrected chi connectivity index (χ0v) is 27.1. The fraction of sp³-hybridized carbons (Fsp3) is 0.618. The molecule has 1 aromatic heterocycles. The van der Waals surface area contributed by atoms with Gasteiger partial charge >= 0.3 is 13.2 Å². The molecule has 0 unspecified atom stereocenters. The average Bonchev–Trinajstić information content (AvgIpc) is 3.58. The molecule has 0 spiro atoms. The van der Waals surface area contributed by atoms with E-state index in [9.17, 15) is 14.9 Å². The number of hydrogen-bond acceptors (Lipinski definition) is 8. The van der Waals surface area contributed by atoms with E-state index in [0.717, 1.165) is 29.4 Å². The van der Waals surface area contributed by atoms with E-state index >= 15 is 0 Å². The number of benzene rings is 1. The van der Waals surface area contributed by atoms with Crippen LogP contribution in [0.5, 0.6) is 0 Å². The van der Waals surface area contributed by atoms with Gasteiger partial charge in [-0.05, 0) is 60.5 Å². The number of ether oxygens (including phenoxy) is 2. The van der Waals surface area contributed by atoms with E-state index < -0.39 is 30.8 Å². The van der Waals surface area contributed by atoms with Crippen molar-refractivity contribution in [1.82, 2.24) is 10.2 Å². The number of nitrogens with zero attached hydrogens (tertiary/aromatic N) is 2. The van der Waals surface area contributed by atoms with Gasteiger partial charge in [0.05, 0.1) is 43.2 Å². The van der Waals surface area contributed by atoms with Crippen molar-refractivity contribution < 1.29 is 32.8 Å². The summed E-state index contributed by atoms with van der Waals surface area (Å²) in [5.74, 6) is 0.0303. The van der Waals surface area contributed by atoms with Crippen molar-refractivity contribution in [2.24, 2.45) is 22.7 Å². The van der Waals surface area contributed by atoms with Gasteiger partial charge in [-0.15, -0.1) is 0 Å². The summed E-state index contributed by atoms with van der Waals surface area (Å²) < 4.78 is 30.5. The third-order valence-corrected chi connectivity index (χ3v) is 10.4. The molecule has 2 saturated heterocycles. The van der Waals surface area contributed by atoms with Crippen molar-refractivity contribution in [2.45, 2.75) is 84.5 Å². The highest BCUT2D eigenvalue weighted by Crippen LogP contribution is 2.65. The fourth-order valence-corrected chi connectivity index (χ4v) is 7.87. The lowest BCUT2D eigenvalue weighted by Gasteiger charge is -2.64. The summed E-state index contributed by atoms with van der Waals surface area (Å²) in [6.45, 7) is 13.3. The Kier molecular flexibility index (Phi) is 8.30. The Morgan fingerprint density at radius 3 is 2.76 bits per heavy atom. The van der Waals surface area contributed by atoms with Crippen LogP contribution in [0.4, 0.5) is 4.79 Å². The lowest BCUT2D eigenvalue weighted by Crippen LogP contribution is -2.65. The molecule has 2 amide bonds. The van der Waals surface area contributed by atoms with Gasteiger partial charge < -0.3 is 33.4 Å². The van der Waals surface area contributed by atoms with Crippen LogP contribution < -0.4 is 5.32 Å². The number of carbonyl (C=O) groups excluding carboxylic acids is 2. The van der Waals surface area contributed by atoms with Crippen LogP contribution in [-0.2, 0) is 30.0 Å². The molecule has 5 aliphatic rings. The van der Waals surface area contributed by atoms with Crippen molar-refractivity contribution in [1.29, 1.82) is 5.26 Å². The molecule has 240 valence electrons. The summed E-state index contributed by atoms with van der Waals surface area (Å²) in [6.07, 6.45) is 5.17. The molecular weight excluding hydrogens is 573 g/mol. The molecule has 11 heteroatoms. The number of rotatable bonds is 7. The number of furan rings is 1. The first-order chi connectivity index (χ1) is 21.3. The first-order valence-corrected chi connectivity index (χ1v) is 16.0. The van der Waals surface area contributed by atoms with Crippen molar-refractivity contribution in [2.75, 3.05) is 26.4 Å². The summed E-state index contributed by atoms with van der Waals surface area (Å²) in [6, 6.07) is 9.30. The number of amides is 2. The van der Waals surface area contributed by atoms with Crippen LogP contribution in [0.3, 0.4) is 0 Å². The van der Waals surface area contributed by atoms with Crippen molar-refractivity contribution in [3.63, 3.8) is 0 Å². The van der Waals surface area contributed by atoms with Gasteiger partial charge in [0, 0.05) is 11.9 Å². The number of nitriles is 1. The summed E-state index contributed by atoms with van der Waals surface area (Å²) in [5, 5.41) is 13.7. The highest BCUT2D eigenvalue weighted by molar-refractivity contribution is 6.48. The number of nitrogens with one attached hydrogen (secondary N) is 1. The van der Waals surface area contributed by atoms with E-state index in [4.69, 9.17) is 23.2 Å². The van der Waals surface area contributed by atoms with Gasteiger partial charge in [0.1, 0.15) is 23.8 Å². The summed E-state index contributed by atoms with van der Waals surface area (Å²) in [5.41, 5.74) is 1.17. The molecule has 0 radical (unpaired) electrons. The van der Waals surface area contributed by atoms with Crippen LogP contribution in [0.15, 0.2) is 46.6 Å². The van der Waals surface area contributed by atoms with Gasteiger partial charge in [0.2, 0.25) is 0 Å². The SMILES string of the molecule is CC(C)(C)/C=C(\C#N)C(=O)N1CCOC[C@@H]1COC(=O)N[C@@H](Cc1coc2ccccc12)B1O[C@@H]2C[C@@H]3C[C@@H](C3(C)C)[C@]2(C)O1. The minimum Gasteiger partial charge on any atom is -0.464 e. The van der Waals surface area contributed by atoms with E-state index in [1.165, 1.54) is 0 Å². The van der Waals surface area contributed by atoms with E-state index in [1.807, 2.05) is 51.1 Å². The maximum Gasteiger partial charge on any atom is 0.482 e. The topological polar surface area (TPSA) is 123 Å². The predicted molar refractivity (Wildman–Crippen MR) is 168 cm³/mol. The maximum atomic E-state index is 13.4. The number of hydrogen-bond donors (Lipinski definition) is 1. The number of morpholine rings is 1. The monoisotopic (exact) mass is 617 g/mol. The van der Waals surface area contributed by atoms with Crippen LogP contribution in [0, 0.1) is 34.0 Å². The number of allylic oxidation sites excluding steroid dienone is 1. The minimum absolute atomic E-state index is 0.0462. The molecule has 1 aromatic carbocycles. The zero-order valence-electron chi connectivity index (χ0n) is 27.1. The minimum atomic E-state index is -0.673. The second kappa shape index (κ2) is 11.8. The first-order valence-electron chi connectivity index (χ1n) is 16.0. The van der Waals surface area contributed by atoms with Crippen LogP contribution >= 0.6 is 0 Å². The second-order valence-corrected chi connectivity index (χ2v) is 14.9. The molecule has 2 aliphatic heterocycles. The quantitative estimate of drug-likeness (QED) is 0.260. The van der Waals surface area contributed by atoms with Crippen molar-refractivity contribution >= 4 is 30.1 Å². The number of fused-ring (bicyclic) bond motifs is 1. The molecule has 6 atom stereocenters. The lowest BCUT2D eigenvalue weighted by atomic mass is 9.43. The van der Waals surface area contributed by atoms with Gasteiger partial charge in [0.25, 0.3) is 5.91 Å². The molecule has 3 saturated carbocycles. The summed E-state index contributed by atoms with van der Waals surface area (Å²) in [4.78, 5) is 28.3. The third-order valence-electron chi connectivity index (χ3n) is 10.4. The Balaban J connectivity index is 1.17. The van der Waals surface area contributed by atoms with E-state index in [2.05, 4.69) is 26.1 Å². The Morgan fingerprint density at radius 2 is 2.02 bits per heavy atom. The molecule has 1 N–H and O–H groups in total. The fourth-order valence-electron chi connectivity index (χ4n) is 7.87. The Labute approximate surface area is 265 Å². The van der Waals surface area contributed by atoms with E-state index in [-0.39, 0.29) is 41.6 Å². The maximum absolute atomic E-state index is 13.4. The number of carbonyl (C=O) groups is 2. The molecule has 2 bridgehead atoms.